The largest absolute Gasteiger partial charge is 0.497 e. The minimum atomic E-state index is -0.787. The Labute approximate surface area is 211 Å². The van der Waals surface area contributed by atoms with E-state index in [1.165, 1.54) is 42.3 Å². The number of amides is 1. The number of nitrogens with one attached hydrogen (secondary N) is 2. The van der Waals surface area contributed by atoms with E-state index in [0.717, 1.165) is 0 Å². The van der Waals surface area contributed by atoms with Crippen molar-refractivity contribution in [3.05, 3.63) is 106 Å². The molecule has 0 saturated heterocycles. The lowest BCUT2D eigenvalue weighted by atomic mass is 9.85. The first kappa shape index (κ1) is 24.8. The fraction of sp³-hybridized carbons (Fsp3) is 0.148. The van der Waals surface area contributed by atoms with E-state index in [1.807, 2.05) is 0 Å². The van der Waals surface area contributed by atoms with Gasteiger partial charge in [0.25, 0.3) is 5.91 Å². The summed E-state index contributed by atoms with van der Waals surface area (Å²) in [5.41, 5.74) is 1.98. The molecule has 0 spiro atoms. The van der Waals surface area contributed by atoms with Crippen molar-refractivity contribution < 1.29 is 23.1 Å². The number of carbonyl (C=O) groups excluding carboxylic acids is 2. The summed E-state index contributed by atoms with van der Waals surface area (Å²) in [6, 6.07) is 17.7. The molecule has 0 aliphatic carbocycles. The van der Waals surface area contributed by atoms with Gasteiger partial charge in [-0.1, -0.05) is 11.8 Å². The maximum atomic E-state index is 13.3. The Hall–Kier alpha value is -4.29. The number of hydrogen-bond acceptors (Lipinski definition) is 7. The molecule has 9 heteroatoms. The number of benzene rings is 2. The van der Waals surface area contributed by atoms with Crippen LogP contribution in [0.4, 0.5) is 10.1 Å². The maximum absolute atomic E-state index is 13.3. The number of nitriles is 1. The Balaban J connectivity index is 1.60. The number of methoxy groups -OCH3 is 1. The first-order valence-electron chi connectivity index (χ1n) is 10.9. The molecule has 0 fully saturated rings. The van der Waals surface area contributed by atoms with Crippen LogP contribution >= 0.6 is 11.8 Å². The van der Waals surface area contributed by atoms with Gasteiger partial charge in [0.2, 0.25) is 0 Å². The summed E-state index contributed by atoms with van der Waals surface area (Å²) in [6.07, 6.45) is 1.47. The van der Waals surface area contributed by atoms with Gasteiger partial charge in [0.05, 0.1) is 47.3 Å². The van der Waals surface area contributed by atoms with Crippen molar-refractivity contribution in [1.82, 2.24) is 5.32 Å². The number of allylic oxidation sites excluding steroid dienone is 2. The molecule has 3 aromatic rings. The molecule has 1 aliphatic rings. The highest BCUT2D eigenvalue weighted by molar-refractivity contribution is 8.03. The Bertz CT molecular complexity index is 1370. The van der Waals surface area contributed by atoms with Crippen LogP contribution < -0.4 is 15.4 Å². The summed E-state index contributed by atoms with van der Waals surface area (Å²) >= 11 is 1.18. The number of thioether (sulfide) groups is 1. The molecule has 36 heavy (non-hydrogen) atoms. The van der Waals surface area contributed by atoms with Gasteiger partial charge in [-0.2, -0.15) is 5.26 Å². The first-order chi connectivity index (χ1) is 17.4. The second-order valence-corrected chi connectivity index (χ2v) is 8.85. The zero-order valence-electron chi connectivity index (χ0n) is 19.5. The highest BCUT2D eigenvalue weighted by Gasteiger charge is 2.36. The second kappa shape index (κ2) is 11.0. The molecule has 0 saturated carbocycles. The number of halogens is 1. The Morgan fingerprint density at radius 2 is 1.89 bits per heavy atom. The minimum Gasteiger partial charge on any atom is -0.497 e. The van der Waals surface area contributed by atoms with Crippen LogP contribution in [0.3, 0.4) is 0 Å². The van der Waals surface area contributed by atoms with E-state index in [9.17, 15) is 19.2 Å². The highest BCUT2D eigenvalue weighted by atomic mass is 32.2. The minimum absolute atomic E-state index is 0.0785. The third-order valence-corrected chi connectivity index (χ3v) is 6.60. The highest BCUT2D eigenvalue weighted by Crippen LogP contribution is 2.41. The number of hydrogen-bond donors (Lipinski definition) is 2. The van der Waals surface area contributed by atoms with Crippen LogP contribution in [-0.2, 0) is 4.79 Å². The molecule has 2 N–H and O–H groups in total. The predicted octanol–water partition coefficient (Wildman–Crippen LogP) is 5.38. The maximum Gasteiger partial charge on any atom is 0.254 e. The van der Waals surface area contributed by atoms with Crippen molar-refractivity contribution in [1.29, 1.82) is 5.26 Å². The van der Waals surface area contributed by atoms with Crippen LogP contribution in [0.15, 0.2) is 93.2 Å². The van der Waals surface area contributed by atoms with E-state index in [1.54, 1.807) is 50.4 Å². The van der Waals surface area contributed by atoms with Crippen LogP contribution in [0.25, 0.3) is 0 Å². The molecular formula is C27H22FN3O4S. The number of Topliss-reactive ketones (excluding diaryl/α,β-unsaturated/α-hetero) is 1. The van der Waals surface area contributed by atoms with Crippen LogP contribution in [0.1, 0.15) is 29.0 Å². The zero-order valence-corrected chi connectivity index (χ0v) is 20.3. The van der Waals surface area contributed by atoms with Gasteiger partial charge in [-0.3, -0.25) is 9.59 Å². The molecule has 2 heterocycles. The second-order valence-electron chi connectivity index (χ2n) is 7.87. The van der Waals surface area contributed by atoms with E-state index in [0.29, 0.717) is 33.5 Å². The van der Waals surface area contributed by atoms with E-state index in [-0.39, 0.29) is 22.7 Å². The number of nitrogens with zero attached hydrogens (tertiary/aromatic N) is 1. The number of rotatable bonds is 8. The third kappa shape index (κ3) is 5.34. The van der Waals surface area contributed by atoms with Crippen molar-refractivity contribution in [3.8, 4) is 11.8 Å². The molecule has 7 nitrogen and oxygen atoms in total. The molecule has 182 valence electrons. The van der Waals surface area contributed by atoms with Gasteiger partial charge in [-0.25, -0.2) is 4.39 Å². The third-order valence-electron chi connectivity index (χ3n) is 5.58. The van der Waals surface area contributed by atoms with Gasteiger partial charge in [-0.05, 0) is 67.6 Å². The number of ether oxygens (including phenoxy) is 1. The Morgan fingerprint density at radius 3 is 2.50 bits per heavy atom. The van der Waals surface area contributed by atoms with Gasteiger partial charge in [0, 0.05) is 16.9 Å². The number of furan rings is 1. The molecule has 0 radical (unpaired) electrons. The zero-order chi connectivity index (χ0) is 25.7. The van der Waals surface area contributed by atoms with Gasteiger partial charge in [0.1, 0.15) is 17.3 Å². The molecule has 2 aromatic carbocycles. The number of anilines is 1. The van der Waals surface area contributed by atoms with E-state index >= 15 is 0 Å². The number of dihydropyridines is 1. The van der Waals surface area contributed by atoms with Gasteiger partial charge in [0.15, 0.2) is 5.78 Å². The van der Waals surface area contributed by atoms with Crippen LogP contribution in [0.2, 0.25) is 0 Å². The van der Waals surface area contributed by atoms with Crippen molar-refractivity contribution >= 4 is 29.1 Å². The quantitative estimate of drug-likeness (QED) is 0.398. The van der Waals surface area contributed by atoms with Crippen LogP contribution in [-0.4, -0.2) is 24.6 Å². The summed E-state index contributed by atoms with van der Waals surface area (Å²) in [5, 5.41) is 16.4. The lowest BCUT2D eigenvalue weighted by Gasteiger charge is -2.28. The lowest BCUT2D eigenvalue weighted by molar-refractivity contribution is -0.113. The van der Waals surface area contributed by atoms with E-state index in [2.05, 4.69) is 16.7 Å². The standard InChI is InChI=1S/C27H22FN3O4S/c1-16-24(26(33)31-19-9-7-18(28)8-10-19)25(23-4-3-13-35-23)21(14-29)27(30-16)36-15-22(32)17-5-11-20(34-2)12-6-17/h3-13,25,30H,15H2,1-2H3,(H,31,33)/t25-/m1/s1. The van der Waals surface area contributed by atoms with Crippen molar-refractivity contribution in [2.45, 2.75) is 12.8 Å². The molecule has 1 atom stereocenters. The van der Waals surface area contributed by atoms with Gasteiger partial charge >= 0.3 is 0 Å². The average Bonchev–Trinajstić information content (AvgIpc) is 3.43. The SMILES string of the molecule is COc1ccc(C(=O)CSC2=C(C#N)[C@H](c3ccco3)C(C(=O)Nc3ccc(F)cc3)=C(C)N2)cc1. The fourth-order valence-electron chi connectivity index (χ4n) is 3.80. The Morgan fingerprint density at radius 1 is 1.17 bits per heavy atom. The summed E-state index contributed by atoms with van der Waals surface area (Å²) in [4.78, 5) is 26.0. The van der Waals surface area contributed by atoms with Crippen molar-refractivity contribution in [2.24, 2.45) is 0 Å². The molecule has 1 aromatic heterocycles. The van der Waals surface area contributed by atoms with E-state index in [4.69, 9.17) is 9.15 Å². The Kier molecular flexibility index (Phi) is 7.56. The summed E-state index contributed by atoms with van der Waals surface area (Å²) in [7, 11) is 1.55. The normalized spacial score (nSPS) is 15.2. The predicted molar refractivity (Wildman–Crippen MR) is 135 cm³/mol. The average molecular weight is 504 g/mol. The molecule has 0 unspecified atom stereocenters. The fourth-order valence-corrected chi connectivity index (χ4v) is 4.78. The van der Waals surface area contributed by atoms with Crippen molar-refractivity contribution in [3.63, 3.8) is 0 Å². The number of carbonyl (C=O) groups is 2. The summed E-state index contributed by atoms with van der Waals surface area (Å²) < 4.78 is 24.0. The molecule has 1 amide bonds. The van der Waals surface area contributed by atoms with Crippen molar-refractivity contribution in [2.75, 3.05) is 18.2 Å². The number of ketones is 1. The smallest absolute Gasteiger partial charge is 0.254 e. The summed E-state index contributed by atoms with van der Waals surface area (Å²) in [5.74, 6) is -0.645. The topological polar surface area (TPSA) is 104 Å². The van der Waals surface area contributed by atoms with Crippen LogP contribution in [0, 0.1) is 17.1 Å². The molecule has 0 bridgehead atoms. The molecule has 1 aliphatic heterocycles. The first-order valence-corrected chi connectivity index (χ1v) is 11.9. The van der Waals surface area contributed by atoms with Gasteiger partial charge < -0.3 is 19.8 Å². The molecule has 4 rings (SSSR count). The molecular weight excluding hydrogens is 481 g/mol. The van der Waals surface area contributed by atoms with Crippen LogP contribution in [0.5, 0.6) is 5.75 Å². The lowest BCUT2D eigenvalue weighted by Crippen LogP contribution is -2.30. The van der Waals surface area contributed by atoms with Gasteiger partial charge in [-0.15, -0.1) is 0 Å². The van der Waals surface area contributed by atoms with E-state index < -0.39 is 17.6 Å². The monoisotopic (exact) mass is 503 g/mol. The summed E-state index contributed by atoms with van der Waals surface area (Å²) in [6.45, 7) is 1.72.